The van der Waals surface area contributed by atoms with Crippen molar-refractivity contribution < 1.29 is 14.3 Å². The molecule has 20 heavy (non-hydrogen) atoms. The molecule has 1 aromatic rings. The largest absolute Gasteiger partial charge is 0.497 e. The summed E-state index contributed by atoms with van der Waals surface area (Å²) in [7, 11) is 3.29. The van der Waals surface area contributed by atoms with Crippen LogP contribution in [0.25, 0.3) is 0 Å². The molecule has 0 aromatic heterocycles. The van der Waals surface area contributed by atoms with Gasteiger partial charge in [0.2, 0.25) is 0 Å². The number of rotatable bonds is 5. The number of amides is 2. The van der Waals surface area contributed by atoms with Crippen LogP contribution in [0, 0.1) is 0 Å². The van der Waals surface area contributed by atoms with Crippen molar-refractivity contribution >= 4 is 6.03 Å². The molecule has 1 N–H and O–H groups in total. The molecular weight excluding hydrogens is 256 g/mol. The molecule has 1 atom stereocenters. The highest BCUT2D eigenvalue weighted by Crippen LogP contribution is 2.17. The Hall–Kier alpha value is -1.75. The minimum absolute atomic E-state index is 0.0803. The maximum atomic E-state index is 12.0. The van der Waals surface area contributed by atoms with Crippen molar-refractivity contribution in [2.75, 3.05) is 27.3 Å². The average molecular weight is 278 g/mol. The van der Waals surface area contributed by atoms with E-state index in [1.165, 1.54) is 0 Å². The van der Waals surface area contributed by atoms with Crippen LogP contribution in [0.3, 0.4) is 0 Å². The number of methoxy groups -OCH3 is 1. The molecule has 1 heterocycles. The van der Waals surface area contributed by atoms with E-state index in [0.717, 1.165) is 30.8 Å². The van der Waals surface area contributed by atoms with E-state index >= 15 is 0 Å². The quantitative estimate of drug-likeness (QED) is 0.896. The number of carbonyl (C=O) groups is 1. The van der Waals surface area contributed by atoms with E-state index in [4.69, 9.17) is 9.47 Å². The number of urea groups is 1. The van der Waals surface area contributed by atoms with Gasteiger partial charge in [0.1, 0.15) is 5.75 Å². The summed E-state index contributed by atoms with van der Waals surface area (Å²) in [4.78, 5) is 13.8. The van der Waals surface area contributed by atoms with Crippen LogP contribution in [0.5, 0.6) is 5.75 Å². The second-order valence-corrected chi connectivity index (χ2v) is 4.92. The first-order valence-electron chi connectivity index (χ1n) is 6.94. The Morgan fingerprint density at radius 2 is 2.40 bits per heavy atom. The van der Waals surface area contributed by atoms with Gasteiger partial charge in [-0.15, -0.1) is 0 Å². The molecule has 2 amide bonds. The highest BCUT2D eigenvalue weighted by molar-refractivity contribution is 5.73. The van der Waals surface area contributed by atoms with Crippen molar-refractivity contribution in [3.8, 4) is 5.75 Å². The van der Waals surface area contributed by atoms with Crippen molar-refractivity contribution in [1.82, 2.24) is 10.2 Å². The lowest BCUT2D eigenvalue weighted by molar-refractivity contribution is 0.0798. The monoisotopic (exact) mass is 278 g/mol. The van der Waals surface area contributed by atoms with Gasteiger partial charge in [-0.3, -0.25) is 0 Å². The maximum Gasteiger partial charge on any atom is 0.317 e. The molecule has 1 fully saturated rings. The Balaban J connectivity index is 2.03. The zero-order valence-electron chi connectivity index (χ0n) is 12.1. The molecule has 0 bridgehead atoms. The zero-order chi connectivity index (χ0) is 14.4. The zero-order valence-corrected chi connectivity index (χ0v) is 12.1. The number of nitrogens with one attached hydrogen (secondary N) is 1. The Morgan fingerprint density at radius 3 is 3.05 bits per heavy atom. The molecule has 1 unspecified atom stereocenters. The van der Waals surface area contributed by atoms with Crippen LogP contribution in [0.2, 0.25) is 0 Å². The van der Waals surface area contributed by atoms with Crippen molar-refractivity contribution in [3.05, 3.63) is 29.8 Å². The third kappa shape index (κ3) is 3.87. The van der Waals surface area contributed by atoms with Crippen LogP contribution in [0.15, 0.2) is 24.3 Å². The molecule has 1 aliphatic rings. The van der Waals surface area contributed by atoms with Gasteiger partial charge >= 0.3 is 6.03 Å². The fourth-order valence-corrected chi connectivity index (χ4v) is 2.40. The van der Waals surface area contributed by atoms with E-state index in [9.17, 15) is 4.79 Å². The standard InChI is InChI=1S/C15H22N2O3/c1-16-15(18)17(11-14-7-4-8-20-14)10-12-5-3-6-13(9-12)19-2/h3,5-6,9,14H,4,7-8,10-11H2,1-2H3,(H,16,18). The molecule has 5 heteroatoms. The number of carbonyl (C=O) groups excluding carboxylic acids is 1. The lowest BCUT2D eigenvalue weighted by atomic mass is 10.2. The molecule has 2 rings (SSSR count). The molecule has 1 saturated heterocycles. The summed E-state index contributed by atoms with van der Waals surface area (Å²) < 4.78 is 10.8. The van der Waals surface area contributed by atoms with E-state index in [1.54, 1.807) is 19.1 Å². The highest BCUT2D eigenvalue weighted by atomic mass is 16.5. The molecule has 1 aliphatic heterocycles. The van der Waals surface area contributed by atoms with Gasteiger partial charge in [0.25, 0.3) is 0 Å². The molecular formula is C15H22N2O3. The number of hydrogen-bond donors (Lipinski definition) is 1. The summed E-state index contributed by atoms with van der Waals surface area (Å²) in [6.45, 7) is 1.97. The third-order valence-corrected chi connectivity index (χ3v) is 3.46. The molecule has 0 saturated carbocycles. The summed E-state index contributed by atoms with van der Waals surface area (Å²) in [5, 5.41) is 2.69. The Bertz CT molecular complexity index is 444. The van der Waals surface area contributed by atoms with Crippen molar-refractivity contribution in [3.63, 3.8) is 0 Å². The van der Waals surface area contributed by atoms with E-state index in [1.807, 2.05) is 24.3 Å². The fraction of sp³-hybridized carbons (Fsp3) is 0.533. The smallest absolute Gasteiger partial charge is 0.317 e. The van der Waals surface area contributed by atoms with Gasteiger partial charge in [-0.2, -0.15) is 0 Å². The van der Waals surface area contributed by atoms with Gasteiger partial charge in [0.05, 0.1) is 13.2 Å². The van der Waals surface area contributed by atoms with Gasteiger partial charge in [0, 0.05) is 26.7 Å². The van der Waals surface area contributed by atoms with Crippen LogP contribution < -0.4 is 10.1 Å². The summed E-state index contributed by atoms with van der Waals surface area (Å²) in [6.07, 6.45) is 2.25. The maximum absolute atomic E-state index is 12.0. The Kier molecular flexibility index (Phi) is 5.24. The van der Waals surface area contributed by atoms with E-state index in [-0.39, 0.29) is 12.1 Å². The molecule has 1 aromatic carbocycles. The van der Waals surface area contributed by atoms with Crippen LogP contribution in [0.4, 0.5) is 4.79 Å². The fourth-order valence-electron chi connectivity index (χ4n) is 2.40. The summed E-state index contributed by atoms with van der Waals surface area (Å²) >= 11 is 0. The van der Waals surface area contributed by atoms with E-state index in [2.05, 4.69) is 5.32 Å². The SMILES string of the molecule is CNC(=O)N(Cc1cccc(OC)c1)CC1CCCO1. The second kappa shape index (κ2) is 7.14. The molecule has 0 aliphatic carbocycles. The van der Waals surface area contributed by atoms with Crippen LogP contribution in [0.1, 0.15) is 18.4 Å². The average Bonchev–Trinajstić information content (AvgIpc) is 2.99. The van der Waals surface area contributed by atoms with Crippen molar-refractivity contribution in [2.45, 2.75) is 25.5 Å². The van der Waals surface area contributed by atoms with Gasteiger partial charge in [-0.05, 0) is 30.5 Å². The number of nitrogens with zero attached hydrogens (tertiary/aromatic N) is 1. The minimum Gasteiger partial charge on any atom is -0.497 e. The van der Waals surface area contributed by atoms with Gasteiger partial charge in [-0.1, -0.05) is 12.1 Å². The van der Waals surface area contributed by atoms with Gasteiger partial charge < -0.3 is 19.7 Å². The Morgan fingerprint density at radius 1 is 1.55 bits per heavy atom. The predicted molar refractivity (Wildman–Crippen MR) is 76.8 cm³/mol. The lowest BCUT2D eigenvalue weighted by Crippen LogP contribution is -2.41. The second-order valence-electron chi connectivity index (χ2n) is 4.92. The first-order chi connectivity index (χ1) is 9.72. The molecule has 0 spiro atoms. The predicted octanol–water partition coefficient (Wildman–Crippen LogP) is 2.02. The van der Waals surface area contributed by atoms with Gasteiger partial charge in [0.15, 0.2) is 0 Å². The normalized spacial score (nSPS) is 17.8. The minimum atomic E-state index is -0.0803. The third-order valence-electron chi connectivity index (χ3n) is 3.46. The van der Waals surface area contributed by atoms with Crippen molar-refractivity contribution in [2.24, 2.45) is 0 Å². The lowest BCUT2D eigenvalue weighted by Gasteiger charge is -2.25. The summed E-state index contributed by atoms with van der Waals surface area (Å²) in [5.74, 6) is 0.802. The number of hydrogen-bond acceptors (Lipinski definition) is 3. The first kappa shape index (κ1) is 14.7. The summed E-state index contributed by atoms with van der Waals surface area (Å²) in [5.41, 5.74) is 1.05. The first-order valence-corrected chi connectivity index (χ1v) is 6.94. The van der Waals surface area contributed by atoms with Crippen molar-refractivity contribution in [1.29, 1.82) is 0 Å². The molecule has 110 valence electrons. The van der Waals surface area contributed by atoms with E-state index in [0.29, 0.717) is 13.1 Å². The van der Waals surface area contributed by atoms with Crippen LogP contribution in [-0.4, -0.2) is 44.3 Å². The summed E-state index contributed by atoms with van der Waals surface area (Å²) in [6, 6.07) is 7.69. The van der Waals surface area contributed by atoms with Crippen LogP contribution in [-0.2, 0) is 11.3 Å². The molecule has 5 nitrogen and oxygen atoms in total. The Labute approximate surface area is 119 Å². The topological polar surface area (TPSA) is 50.8 Å². The number of benzene rings is 1. The molecule has 0 radical (unpaired) electrons. The number of ether oxygens (including phenoxy) is 2. The van der Waals surface area contributed by atoms with E-state index < -0.39 is 0 Å². The van der Waals surface area contributed by atoms with Gasteiger partial charge in [-0.25, -0.2) is 4.79 Å². The van der Waals surface area contributed by atoms with Crippen LogP contribution >= 0.6 is 0 Å². The highest BCUT2D eigenvalue weighted by Gasteiger charge is 2.22.